The van der Waals surface area contributed by atoms with E-state index in [0.29, 0.717) is 12.8 Å². The largest absolute Gasteiger partial charge is 0.394 e. The number of unbranched alkanes of at least 4 members (excludes halogenated alkanes) is 46. The molecule has 0 aromatic carbocycles. The minimum atomic E-state index is -1.55. The lowest BCUT2D eigenvalue weighted by atomic mass is 9.99. The van der Waals surface area contributed by atoms with Gasteiger partial charge in [-0.05, 0) is 12.8 Å². The van der Waals surface area contributed by atoms with E-state index >= 15 is 0 Å². The standard InChI is InChI=1S/C62H123NO8/c1-3-5-7-9-11-13-15-17-19-21-22-23-24-25-26-27-28-29-30-31-32-33-34-35-36-38-40-42-44-46-48-50-52-58(66)63-55(54-70-62-61(69)60(68)59(67)57(53-64)71-62)56(65)51-49-47-45-43-41-39-37-20-18-16-14-12-10-8-6-4-2/h55-57,59-62,64-65,67-69H,3-54H2,1-2H3,(H,63,66). The summed E-state index contributed by atoms with van der Waals surface area (Å²) in [5.74, 6) is -0.135. The van der Waals surface area contributed by atoms with E-state index in [1.807, 2.05) is 0 Å². The average molecular weight is 1010 g/mol. The highest BCUT2D eigenvalue weighted by atomic mass is 16.7. The minimum Gasteiger partial charge on any atom is -0.394 e. The van der Waals surface area contributed by atoms with E-state index in [1.54, 1.807) is 0 Å². The number of aliphatic hydroxyl groups excluding tert-OH is 5. The molecule has 1 heterocycles. The third kappa shape index (κ3) is 42.0. The lowest BCUT2D eigenvalue weighted by Gasteiger charge is -2.40. The van der Waals surface area contributed by atoms with E-state index in [2.05, 4.69) is 19.2 Å². The number of ether oxygens (including phenoxy) is 2. The SMILES string of the molecule is CCCCCCCCCCCCCCCCCCCCCCCCCCCCCCCCCCC(=O)NC(COC1OC(CO)C(O)C(O)C1O)C(O)CCCCCCCCCCCCCCCCCC. The molecule has 1 amide bonds. The summed E-state index contributed by atoms with van der Waals surface area (Å²) in [6, 6.07) is -0.713. The van der Waals surface area contributed by atoms with Crippen LogP contribution in [0, 0.1) is 0 Å². The number of carbonyl (C=O) groups excluding carboxylic acids is 1. The van der Waals surface area contributed by atoms with Crippen LogP contribution in [0.2, 0.25) is 0 Å². The van der Waals surface area contributed by atoms with Crippen molar-refractivity contribution in [1.29, 1.82) is 0 Å². The summed E-state index contributed by atoms with van der Waals surface area (Å²) in [4.78, 5) is 13.1. The lowest BCUT2D eigenvalue weighted by Crippen LogP contribution is -2.60. The van der Waals surface area contributed by atoms with Crippen molar-refractivity contribution in [2.24, 2.45) is 0 Å². The molecule has 71 heavy (non-hydrogen) atoms. The van der Waals surface area contributed by atoms with Gasteiger partial charge in [0, 0.05) is 6.42 Å². The van der Waals surface area contributed by atoms with Crippen molar-refractivity contribution in [3.8, 4) is 0 Å². The second-order valence-electron chi connectivity index (χ2n) is 22.6. The molecule has 9 heteroatoms. The highest BCUT2D eigenvalue weighted by Crippen LogP contribution is 2.24. The van der Waals surface area contributed by atoms with Gasteiger partial charge >= 0.3 is 0 Å². The maximum Gasteiger partial charge on any atom is 0.220 e. The Morgan fingerprint density at radius 3 is 1.00 bits per heavy atom. The monoisotopic (exact) mass is 1010 g/mol. The van der Waals surface area contributed by atoms with Crippen molar-refractivity contribution in [3.05, 3.63) is 0 Å². The van der Waals surface area contributed by atoms with Gasteiger partial charge in [0.15, 0.2) is 6.29 Å². The molecule has 1 saturated heterocycles. The van der Waals surface area contributed by atoms with Gasteiger partial charge in [-0.3, -0.25) is 4.79 Å². The molecule has 0 aromatic rings. The summed E-state index contributed by atoms with van der Waals surface area (Å²) in [7, 11) is 0. The van der Waals surface area contributed by atoms with E-state index < -0.39 is 49.5 Å². The topological polar surface area (TPSA) is 149 Å². The Labute approximate surface area is 440 Å². The molecule has 1 fully saturated rings. The van der Waals surface area contributed by atoms with Gasteiger partial charge in [-0.15, -0.1) is 0 Å². The summed E-state index contributed by atoms with van der Waals surface area (Å²) in [6.07, 6.45) is 57.3. The smallest absolute Gasteiger partial charge is 0.220 e. The number of carbonyl (C=O) groups is 1. The molecule has 9 nitrogen and oxygen atoms in total. The normalized spacial score (nSPS) is 19.1. The Hall–Kier alpha value is -0.810. The molecule has 7 atom stereocenters. The zero-order valence-corrected chi connectivity index (χ0v) is 47.3. The highest BCUT2D eigenvalue weighted by Gasteiger charge is 2.44. The van der Waals surface area contributed by atoms with Crippen LogP contribution in [0.4, 0.5) is 0 Å². The van der Waals surface area contributed by atoms with E-state index in [9.17, 15) is 30.3 Å². The predicted molar refractivity (Wildman–Crippen MR) is 300 cm³/mol. The second-order valence-corrected chi connectivity index (χ2v) is 22.6. The number of nitrogens with one attached hydrogen (secondary N) is 1. The molecule has 6 N–H and O–H groups in total. The summed E-state index contributed by atoms with van der Waals surface area (Å²) < 4.78 is 11.3. The van der Waals surface area contributed by atoms with E-state index in [-0.39, 0.29) is 12.5 Å². The third-order valence-corrected chi connectivity index (χ3v) is 15.7. The average Bonchev–Trinajstić information content (AvgIpc) is 3.37. The van der Waals surface area contributed by atoms with Crippen LogP contribution in [0.5, 0.6) is 0 Å². The Morgan fingerprint density at radius 2 is 0.704 bits per heavy atom. The number of hydrogen-bond acceptors (Lipinski definition) is 8. The van der Waals surface area contributed by atoms with Gasteiger partial charge in [0.2, 0.25) is 5.91 Å². The van der Waals surface area contributed by atoms with Gasteiger partial charge in [0.1, 0.15) is 24.4 Å². The van der Waals surface area contributed by atoms with E-state index in [0.717, 1.165) is 38.5 Å². The number of hydrogen-bond donors (Lipinski definition) is 6. The molecule has 1 aliphatic heterocycles. The van der Waals surface area contributed by atoms with E-state index in [1.165, 1.54) is 270 Å². The fourth-order valence-corrected chi connectivity index (χ4v) is 10.7. The summed E-state index contributed by atoms with van der Waals surface area (Å²) >= 11 is 0. The molecule has 7 unspecified atom stereocenters. The first-order chi connectivity index (χ1) is 34.8. The Balaban J connectivity index is 2.08. The zero-order valence-electron chi connectivity index (χ0n) is 47.3. The lowest BCUT2D eigenvalue weighted by molar-refractivity contribution is -0.302. The van der Waals surface area contributed by atoms with Crippen LogP contribution >= 0.6 is 0 Å². The first-order valence-corrected chi connectivity index (χ1v) is 31.7. The molecule has 424 valence electrons. The molecular weight excluding hydrogens is 887 g/mol. The van der Waals surface area contributed by atoms with Gasteiger partial charge in [-0.25, -0.2) is 0 Å². The second kappa shape index (κ2) is 52.6. The number of rotatable bonds is 56. The van der Waals surface area contributed by atoms with Gasteiger partial charge < -0.3 is 40.3 Å². The Bertz CT molecular complexity index is 1080. The van der Waals surface area contributed by atoms with Crippen LogP contribution in [-0.2, 0) is 14.3 Å². The maximum absolute atomic E-state index is 13.1. The third-order valence-electron chi connectivity index (χ3n) is 15.7. The first kappa shape index (κ1) is 68.2. The van der Waals surface area contributed by atoms with Crippen molar-refractivity contribution < 1.29 is 39.8 Å². The van der Waals surface area contributed by atoms with Crippen LogP contribution < -0.4 is 5.32 Å². The Kier molecular flexibility index (Phi) is 50.6. The van der Waals surface area contributed by atoms with Crippen molar-refractivity contribution in [3.63, 3.8) is 0 Å². The van der Waals surface area contributed by atoms with Crippen LogP contribution in [0.3, 0.4) is 0 Å². The van der Waals surface area contributed by atoms with Crippen LogP contribution in [0.25, 0.3) is 0 Å². The van der Waals surface area contributed by atoms with Crippen molar-refractivity contribution in [2.75, 3.05) is 13.2 Å². The van der Waals surface area contributed by atoms with Crippen LogP contribution in [0.1, 0.15) is 335 Å². The quantitative estimate of drug-likeness (QED) is 0.0330. The zero-order chi connectivity index (χ0) is 51.5. The molecule has 0 aliphatic carbocycles. The van der Waals surface area contributed by atoms with Crippen molar-refractivity contribution in [2.45, 2.75) is 378 Å². The molecule has 0 aromatic heterocycles. The molecule has 0 saturated carbocycles. The highest BCUT2D eigenvalue weighted by molar-refractivity contribution is 5.76. The maximum atomic E-state index is 13.1. The van der Waals surface area contributed by atoms with Crippen molar-refractivity contribution in [1.82, 2.24) is 5.32 Å². The van der Waals surface area contributed by atoms with E-state index in [4.69, 9.17) is 9.47 Å². The summed E-state index contributed by atoms with van der Waals surface area (Å²) in [5, 5.41) is 54.7. The number of aliphatic hydroxyl groups is 5. The molecule has 1 rings (SSSR count). The van der Waals surface area contributed by atoms with Gasteiger partial charge in [0.05, 0.1) is 25.4 Å². The summed E-state index contributed by atoms with van der Waals surface area (Å²) in [6.45, 7) is 3.89. The van der Waals surface area contributed by atoms with Crippen LogP contribution in [-0.4, -0.2) is 87.5 Å². The molecule has 0 spiro atoms. The minimum absolute atomic E-state index is 0.131. The van der Waals surface area contributed by atoms with Crippen LogP contribution in [0.15, 0.2) is 0 Å². The summed E-state index contributed by atoms with van der Waals surface area (Å²) in [5.41, 5.74) is 0. The predicted octanol–water partition coefficient (Wildman–Crippen LogP) is 16.2. The van der Waals surface area contributed by atoms with Crippen molar-refractivity contribution >= 4 is 5.91 Å². The van der Waals surface area contributed by atoms with Gasteiger partial charge in [0.25, 0.3) is 0 Å². The number of amides is 1. The van der Waals surface area contributed by atoms with Gasteiger partial charge in [-0.2, -0.15) is 0 Å². The molecule has 0 radical (unpaired) electrons. The Morgan fingerprint density at radius 1 is 0.423 bits per heavy atom. The fourth-order valence-electron chi connectivity index (χ4n) is 10.7. The fraction of sp³-hybridized carbons (Fsp3) is 0.984. The molecule has 0 bridgehead atoms. The molecular formula is C62H123NO8. The first-order valence-electron chi connectivity index (χ1n) is 31.7. The van der Waals surface area contributed by atoms with Gasteiger partial charge in [-0.1, -0.05) is 316 Å². The molecule has 1 aliphatic rings.